The van der Waals surface area contributed by atoms with E-state index in [-0.39, 0.29) is 24.8 Å². The third-order valence-electron chi connectivity index (χ3n) is 2.81. The van der Waals surface area contributed by atoms with Gasteiger partial charge in [0.05, 0.1) is 12.2 Å². The molecule has 102 valence electrons. The molecule has 0 N–H and O–H groups in total. The molecule has 0 spiro atoms. The lowest BCUT2D eigenvalue weighted by Gasteiger charge is -2.28. The van der Waals surface area contributed by atoms with Crippen molar-refractivity contribution in [2.75, 3.05) is 24.6 Å². The van der Waals surface area contributed by atoms with Gasteiger partial charge in [0.1, 0.15) is 5.75 Å². The molecule has 1 aromatic carbocycles. The summed E-state index contributed by atoms with van der Waals surface area (Å²) in [5.74, 6) is 0.0194. The predicted octanol–water partition coefficient (Wildman–Crippen LogP) is 2.09. The van der Waals surface area contributed by atoms with Crippen LogP contribution in [-0.2, 0) is 4.79 Å². The summed E-state index contributed by atoms with van der Waals surface area (Å²) >= 11 is 0. The van der Waals surface area contributed by atoms with E-state index < -0.39 is 0 Å². The summed E-state index contributed by atoms with van der Waals surface area (Å²) in [5, 5.41) is 3.23. The molecule has 0 unspecified atom stereocenters. The number of hydrogen-bond donors (Lipinski definition) is 0. The van der Waals surface area contributed by atoms with Crippen molar-refractivity contribution in [3.05, 3.63) is 46.9 Å². The molecule has 0 fully saturated rings. The number of ether oxygens (including phenoxy) is 1. The highest BCUT2D eigenvalue weighted by molar-refractivity contribution is 6.02. The van der Waals surface area contributed by atoms with Gasteiger partial charge in [-0.05, 0) is 23.7 Å². The summed E-state index contributed by atoms with van der Waals surface area (Å²) in [6.07, 6.45) is 1.60. The minimum Gasteiger partial charge on any atom is -0.482 e. The van der Waals surface area contributed by atoms with E-state index in [0.717, 1.165) is 0 Å². The molecule has 1 aliphatic rings. The molecule has 1 aliphatic heterocycles. The number of fused-ring (bicyclic) bond motifs is 1. The molecule has 7 heteroatoms. The number of azide groups is 1. The smallest absolute Gasteiger partial charge is 0.265 e. The van der Waals surface area contributed by atoms with Crippen LogP contribution in [0.25, 0.3) is 10.4 Å². The van der Waals surface area contributed by atoms with Crippen molar-refractivity contribution in [1.82, 2.24) is 0 Å². The van der Waals surface area contributed by atoms with Crippen LogP contribution in [-0.4, -0.2) is 31.4 Å². The maximum absolute atomic E-state index is 11.8. The number of anilines is 1. The second-order valence-corrected chi connectivity index (χ2v) is 4.08. The third-order valence-corrected chi connectivity index (χ3v) is 2.81. The van der Waals surface area contributed by atoms with Gasteiger partial charge in [0.2, 0.25) is 0 Å². The van der Waals surface area contributed by atoms with Crippen molar-refractivity contribution in [2.45, 2.75) is 0 Å². The molecule has 2 rings (SSSR count). The molecule has 1 aromatic rings. The second kappa shape index (κ2) is 5.90. The third kappa shape index (κ3) is 2.62. The van der Waals surface area contributed by atoms with Crippen LogP contribution in [0.3, 0.4) is 0 Å². The van der Waals surface area contributed by atoms with Crippen molar-refractivity contribution >= 4 is 17.4 Å². The maximum atomic E-state index is 11.8. The lowest BCUT2D eigenvalue weighted by Crippen LogP contribution is -2.38. The average Bonchev–Trinajstić information content (AvgIpc) is 2.47. The van der Waals surface area contributed by atoms with Gasteiger partial charge in [0.25, 0.3) is 5.91 Å². The van der Waals surface area contributed by atoms with Crippen LogP contribution in [0.15, 0.2) is 36.0 Å². The number of benzene rings is 1. The van der Waals surface area contributed by atoms with Gasteiger partial charge in [-0.3, -0.25) is 9.59 Å². The molecule has 0 bridgehead atoms. The molecular weight excluding hydrogens is 260 g/mol. The zero-order valence-corrected chi connectivity index (χ0v) is 10.7. The molecule has 0 saturated carbocycles. The molecule has 1 heterocycles. The van der Waals surface area contributed by atoms with Gasteiger partial charge >= 0.3 is 0 Å². The molecular formula is C13H12N4O3. The highest BCUT2D eigenvalue weighted by atomic mass is 16.5. The molecule has 7 nitrogen and oxygen atoms in total. The summed E-state index contributed by atoms with van der Waals surface area (Å²) in [5.41, 5.74) is 9.11. The van der Waals surface area contributed by atoms with Gasteiger partial charge in [0, 0.05) is 17.0 Å². The van der Waals surface area contributed by atoms with Crippen LogP contribution in [0.1, 0.15) is 10.4 Å². The summed E-state index contributed by atoms with van der Waals surface area (Å²) in [4.78, 5) is 27.7. The topological polar surface area (TPSA) is 95.4 Å². The maximum Gasteiger partial charge on any atom is 0.265 e. The first kappa shape index (κ1) is 13.6. The Bertz CT molecular complexity index is 620. The second-order valence-electron chi connectivity index (χ2n) is 4.08. The van der Waals surface area contributed by atoms with E-state index in [0.29, 0.717) is 23.5 Å². The fourth-order valence-electron chi connectivity index (χ4n) is 1.89. The normalized spacial score (nSPS) is 13.0. The minimum absolute atomic E-state index is 0.0349. The SMILES string of the molecule is C=CCN1C(=O)COc2ccc(C(=O)CN=[N+]=[N-])cc21. The zero-order chi connectivity index (χ0) is 14.5. The lowest BCUT2D eigenvalue weighted by molar-refractivity contribution is -0.121. The van der Waals surface area contributed by atoms with Crippen LogP contribution in [0.5, 0.6) is 5.75 Å². The number of hydrogen-bond acceptors (Lipinski definition) is 4. The molecule has 0 radical (unpaired) electrons. The number of nitrogens with zero attached hydrogens (tertiary/aromatic N) is 4. The summed E-state index contributed by atoms with van der Waals surface area (Å²) in [6.45, 7) is 3.65. The Morgan fingerprint density at radius 3 is 3.10 bits per heavy atom. The molecule has 0 atom stereocenters. The number of amides is 1. The monoisotopic (exact) mass is 272 g/mol. The van der Waals surface area contributed by atoms with Gasteiger partial charge in [-0.2, -0.15) is 0 Å². The Morgan fingerprint density at radius 1 is 1.60 bits per heavy atom. The lowest BCUT2D eigenvalue weighted by atomic mass is 10.1. The first-order valence-corrected chi connectivity index (χ1v) is 5.89. The summed E-state index contributed by atoms with van der Waals surface area (Å²) in [6, 6.07) is 4.77. The average molecular weight is 272 g/mol. The van der Waals surface area contributed by atoms with Crippen molar-refractivity contribution in [2.24, 2.45) is 5.11 Å². The van der Waals surface area contributed by atoms with Crippen LogP contribution in [0.2, 0.25) is 0 Å². The Morgan fingerprint density at radius 2 is 2.40 bits per heavy atom. The van der Waals surface area contributed by atoms with E-state index in [2.05, 4.69) is 16.6 Å². The van der Waals surface area contributed by atoms with Crippen molar-refractivity contribution in [3.63, 3.8) is 0 Å². The van der Waals surface area contributed by atoms with Crippen molar-refractivity contribution < 1.29 is 14.3 Å². The van der Waals surface area contributed by atoms with Crippen LogP contribution < -0.4 is 9.64 Å². The van der Waals surface area contributed by atoms with E-state index in [1.54, 1.807) is 24.3 Å². The van der Waals surface area contributed by atoms with Crippen LogP contribution in [0, 0.1) is 0 Å². The first-order valence-electron chi connectivity index (χ1n) is 5.89. The quantitative estimate of drug-likeness (QED) is 0.270. The Kier molecular flexibility index (Phi) is 4.02. The zero-order valence-electron chi connectivity index (χ0n) is 10.7. The Labute approximate surface area is 115 Å². The predicted molar refractivity (Wildman–Crippen MR) is 72.8 cm³/mol. The molecule has 0 aliphatic carbocycles. The standard InChI is InChI=1S/C13H12N4O3/c1-2-5-17-10-6-9(11(18)7-15-16-14)3-4-12(10)20-8-13(17)19/h2-4,6H,1,5,7-8H2. The van der Waals surface area contributed by atoms with Crippen molar-refractivity contribution in [3.8, 4) is 5.75 Å². The highest BCUT2D eigenvalue weighted by Crippen LogP contribution is 2.33. The van der Waals surface area contributed by atoms with E-state index in [1.165, 1.54) is 4.90 Å². The van der Waals surface area contributed by atoms with E-state index in [4.69, 9.17) is 10.3 Å². The van der Waals surface area contributed by atoms with E-state index in [9.17, 15) is 9.59 Å². The van der Waals surface area contributed by atoms with Gasteiger partial charge < -0.3 is 9.64 Å². The fraction of sp³-hybridized carbons (Fsp3) is 0.231. The van der Waals surface area contributed by atoms with E-state index >= 15 is 0 Å². The molecule has 0 aromatic heterocycles. The number of Topliss-reactive ketones (excluding diaryl/α,β-unsaturated/α-hetero) is 1. The van der Waals surface area contributed by atoms with Gasteiger partial charge in [-0.15, -0.1) is 6.58 Å². The largest absolute Gasteiger partial charge is 0.482 e. The molecule has 0 saturated heterocycles. The van der Waals surface area contributed by atoms with Crippen LogP contribution >= 0.6 is 0 Å². The summed E-state index contributed by atoms with van der Waals surface area (Å²) < 4.78 is 5.31. The van der Waals surface area contributed by atoms with E-state index in [1.807, 2.05) is 0 Å². The van der Waals surface area contributed by atoms with Gasteiger partial charge in [0.15, 0.2) is 12.4 Å². The summed E-state index contributed by atoms with van der Waals surface area (Å²) in [7, 11) is 0. The number of rotatable bonds is 5. The van der Waals surface area contributed by atoms with Crippen molar-refractivity contribution in [1.29, 1.82) is 0 Å². The Hall–Kier alpha value is -2.79. The van der Waals surface area contributed by atoms with Crippen LogP contribution in [0.4, 0.5) is 5.69 Å². The van der Waals surface area contributed by atoms with Gasteiger partial charge in [-0.25, -0.2) is 0 Å². The molecule has 1 amide bonds. The Balaban J connectivity index is 2.37. The first-order chi connectivity index (χ1) is 9.67. The number of carbonyl (C=O) groups is 2. The molecule has 20 heavy (non-hydrogen) atoms. The fourth-order valence-corrected chi connectivity index (χ4v) is 1.89. The minimum atomic E-state index is -0.317. The van der Waals surface area contributed by atoms with Gasteiger partial charge in [-0.1, -0.05) is 11.2 Å². The number of carbonyl (C=O) groups excluding carboxylic acids is 2. The highest BCUT2D eigenvalue weighted by Gasteiger charge is 2.25. The number of ketones is 1.